The molecule has 0 unspecified atom stereocenters. The van der Waals surface area contributed by atoms with Crippen LogP contribution in [-0.2, 0) is 16.0 Å². The largest absolute Gasteiger partial charge is 0.491 e. The molecule has 0 atom stereocenters. The molecule has 1 saturated carbocycles. The fraction of sp³-hybridized carbons (Fsp3) is 0.367. The number of aromatic nitrogens is 2. The first-order chi connectivity index (χ1) is 19.1. The lowest BCUT2D eigenvalue weighted by Crippen LogP contribution is -2.60. The predicted octanol–water partition coefficient (Wildman–Crippen LogP) is 3.15. The van der Waals surface area contributed by atoms with Crippen LogP contribution in [0.4, 0.5) is 14.9 Å². The summed E-state index contributed by atoms with van der Waals surface area (Å²) in [6.45, 7) is 1.85. The van der Waals surface area contributed by atoms with E-state index in [1.165, 1.54) is 12.1 Å². The number of aliphatic hydroxyl groups is 1. The van der Waals surface area contributed by atoms with Crippen molar-refractivity contribution in [3.05, 3.63) is 77.4 Å². The Kier molecular flexibility index (Phi) is 8.87. The first-order valence-electron chi connectivity index (χ1n) is 12.9. The second-order valence-electron chi connectivity index (χ2n) is 10.4. The molecule has 5 rings (SSSR count). The van der Waals surface area contributed by atoms with Gasteiger partial charge in [0.2, 0.25) is 0 Å². The average molecular weight is 549 g/mol. The molecular weight excluding hydrogens is 515 g/mol. The number of nitrogens with two attached hydrogens (primary N) is 1. The molecule has 9 nitrogen and oxygen atoms in total. The number of carbonyl (C=O) groups excluding carboxylic acids is 2. The zero-order valence-electron chi connectivity index (χ0n) is 22.6. The van der Waals surface area contributed by atoms with Crippen molar-refractivity contribution in [2.24, 2.45) is 11.1 Å². The minimum absolute atomic E-state index is 0.175. The summed E-state index contributed by atoms with van der Waals surface area (Å²) in [6.07, 6.45) is 6.32. The maximum absolute atomic E-state index is 12.7. The Morgan fingerprint density at radius 2 is 1.95 bits per heavy atom. The summed E-state index contributed by atoms with van der Waals surface area (Å²) < 4.78 is 24.6. The summed E-state index contributed by atoms with van der Waals surface area (Å²) in [6, 6.07) is 11.2. The van der Waals surface area contributed by atoms with Gasteiger partial charge in [0, 0.05) is 44.1 Å². The molecule has 0 bridgehead atoms. The van der Waals surface area contributed by atoms with E-state index in [9.17, 15) is 19.1 Å². The third kappa shape index (κ3) is 7.25. The normalized spacial score (nSPS) is 15.8. The van der Waals surface area contributed by atoms with Crippen molar-refractivity contribution < 1.29 is 28.6 Å². The van der Waals surface area contributed by atoms with Crippen LogP contribution in [0.5, 0.6) is 5.75 Å². The molecule has 3 aromatic rings. The Morgan fingerprint density at radius 1 is 1.23 bits per heavy atom. The lowest BCUT2D eigenvalue weighted by Gasteiger charge is -2.55. The fourth-order valence-corrected chi connectivity index (χ4v) is 4.75. The highest BCUT2D eigenvalue weighted by atomic mass is 19.1. The van der Waals surface area contributed by atoms with Gasteiger partial charge in [-0.15, -0.1) is 0 Å². The lowest BCUT2D eigenvalue weighted by molar-refractivity contribution is -0.219. The van der Waals surface area contributed by atoms with Gasteiger partial charge in [-0.3, -0.25) is 0 Å². The Bertz CT molecular complexity index is 1400. The summed E-state index contributed by atoms with van der Waals surface area (Å²) in [5.74, 6) is 6.56. The Balaban J connectivity index is 0.000000201. The zero-order valence-corrected chi connectivity index (χ0v) is 22.6. The van der Waals surface area contributed by atoms with Crippen LogP contribution in [0.25, 0.3) is 0 Å². The van der Waals surface area contributed by atoms with Crippen LogP contribution in [0.3, 0.4) is 0 Å². The monoisotopic (exact) mass is 548 g/mol. The predicted molar refractivity (Wildman–Crippen MR) is 148 cm³/mol. The molecule has 1 spiro atoms. The van der Waals surface area contributed by atoms with Gasteiger partial charge in [-0.25, -0.2) is 9.18 Å². The lowest BCUT2D eigenvalue weighted by atomic mass is 9.58. The van der Waals surface area contributed by atoms with Crippen LogP contribution in [0.2, 0.25) is 0 Å². The van der Waals surface area contributed by atoms with E-state index in [1.807, 2.05) is 37.2 Å². The number of aldehydes is 1. The minimum Gasteiger partial charge on any atom is -0.491 e. The topological polar surface area (TPSA) is 120 Å². The number of halogens is 1. The molecule has 1 aliphatic heterocycles. The van der Waals surface area contributed by atoms with Crippen molar-refractivity contribution in [1.29, 1.82) is 0 Å². The quantitative estimate of drug-likeness (QED) is 0.264. The van der Waals surface area contributed by atoms with Crippen molar-refractivity contribution in [2.75, 3.05) is 38.8 Å². The highest BCUT2D eigenvalue weighted by molar-refractivity contribution is 5.73. The van der Waals surface area contributed by atoms with Crippen molar-refractivity contribution in [2.45, 2.75) is 31.3 Å². The van der Waals surface area contributed by atoms with E-state index < -0.39 is 11.6 Å². The summed E-state index contributed by atoms with van der Waals surface area (Å²) in [5, 5.41) is 14.2. The first-order valence-corrected chi connectivity index (χ1v) is 12.9. The summed E-state index contributed by atoms with van der Waals surface area (Å²) in [5.41, 5.74) is 7.88. The van der Waals surface area contributed by atoms with Crippen molar-refractivity contribution in [1.82, 2.24) is 9.78 Å². The van der Waals surface area contributed by atoms with E-state index in [0.717, 1.165) is 52.3 Å². The maximum atomic E-state index is 12.7. The molecule has 2 heterocycles. The number of rotatable bonds is 7. The first kappa shape index (κ1) is 28.8. The Hall–Kier alpha value is -4.20. The molecule has 2 aromatic carbocycles. The molecular formula is C30H33FN4O5. The van der Waals surface area contributed by atoms with Gasteiger partial charge in [-0.05, 0) is 54.3 Å². The van der Waals surface area contributed by atoms with Gasteiger partial charge in [-0.1, -0.05) is 24.0 Å². The summed E-state index contributed by atoms with van der Waals surface area (Å²) in [4.78, 5) is 23.1. The number of hydrogen-bond acceptors (Lipinski definition) is 7. The number of ether oxygens (including phenoxy) is 2. The van der Waals surface area contributed by atoms with Gasteiger partial charge in [0.25, 0.3) is 0 Å². The molecule has 1 amide bonds. The molecule has 40 heavy (non-hydrogen) atoms. The van der Waals surface area contributed by atoms with Gasteiger partial charge in [0.15, 0.2) is 0 Å². The van der Waals surface area contributed by atoms with Crippen LogP contribution >= 0.6 is 0 Å². The average Bonchev–Trinajstić information content (AvgIpc) is 3.36. The molecule has 0 radical (unpaired) electrons. The van der Waals surface area contributed by atoms with Gasteiger partial charge < -0.3 is 30.0 Å². The van der Waals surface area contributed by atoms with E-state index in [-0.39, 0.29) is 11.2 Å². The van der Waals surface area contributed by atoms with E-state index in [2.05, 4.69) is 16.9 Å². The van der Waals surface area contributed by atoms with Crippen molar-refractivity contribution >= 4 is 18.0 Å². The highest BCUT2D eigenvalue weighted by Crippen LogP contribution is 2.52. The third-order valence-electron chi connectivity index (χ3n) is 6.71. The highest BCUT2D eigenvalue weighted by Gasteiger charge is 2.57. The van der Waals surface area contributed by atoms with Gasteiger partial charge >= 0.3 is 6.03 Å². The maximum Gasteiger partial charge on any atom is 0.339 e. The number of benzene rings is 2. The zero-order chi connectivity index (χ0) is 28.8. The molecule has 1 aromatic heterocycles. The number of hydrogen-bond donors (Lipinski definition) is 2. The SMILES string of the molecule is CN(C)c1cc(C#CC2(O)CC3(COC3)C2)ccc1OCCC=O.NC(=O)n1cc(Cc2ccc(F)cc2)cn1. The van der Waals surface area contributed by atoms with Gasteiger partial charge in [-0.2, -0.15) is 9.78 Å². The van der Waals surface area contributed by atoms with Crippen LogP contribution in [0.1, 0.15) is 36.0 Å². The van der Waals surface area contributed by atoms with E-state index >= 15 is 0 Å². The number of nitrogens with zero attached hydrogens (tertiary/aromatic N) is 3. The smallest absolute Gasteiger partial charge is 0.339 e. The van der Waals surface area contributed by atoms with E-state index in [4.69, 9.17) is 15.2 Å². The summed E-state index contributed by atoms with van der Waals surface area (Å²) >= 11 is 0. The van der Waals surface area contributed by atoms with Gasteiger partial charge in [0.1, 0.15) is 23.5 Å². The number of carbonyl (C=O) groups is 2. The van der Waals surface area contributed by atoms with Crippen LogP contribution < -0.4 is 15.4 Å². The van der Waals surface area contributed by atoms with Crippen molar-refractivity contribution in [3.63, 3.8) is 0 Å². The van der Waals surface area contributed by atoms with Crippen LogP contribution in [0, 0.1) is 23.1 Å². The van der Waals surface area contributed by atoms with Gasteiger partial charge in [0.05, 0.1) is 31.7 Å². The molecule has 3 N–H and O–H groups in total. The Morgan fingerprint density at radius 3 is 2.52 bits per heavy atom. The molecule has 10 heteroatoms. The molecule has 1 saturated heterocycles. The van der Waals surface area contributed by atoms with Crippen LogP contribution in [0.15, 0.2) is 54.9 Å². The second-order valence-corrected chi connectivity index (χ2v) is 10.4. The number of anilines is 1. The third-order valence-corrected chi connectivity index (χ3v) is 6.71. The van der Waals surface area contributed by atoms with Crippen molar-refractivity contribution in [3.8, 4) is 17.6 Å². The molecule has 2 fully saturated rings. The van der Waals surface area contributed by atoms with E-state index in [1.54, 1.807) is 24.5 Å². The van der Waals surface area contributed by atoms with Crippen LogP contribution in [-0.4, -0.2) is 66.7 Å². The number of primary amides is 1. The second kappa shape index (κ2) is 12.3. The molecule has 210 valence electrons. The summed E-state index contributed by atoms with van der Waals surface area (Å²) in [7, 11) is 3.86. The molecule has 1 aliphatic carbocycles. The fourth-order valence-electron chi connectivity index (χ4n) is 4.75. The standard InChI is InChI=1S/C19H23NO4.C11H10FN3O/c1-20(2)16-10-15(4-5-17(16)24-9-3-8-21)6-7-19(22)11-18(12-19)13-23-14-18;12-10-3-1-8(2-4-10)5-9-6-14-15(7-9)11(13)16/h4-5,8,10,22H,3,9,11-14H2,1-2H3;1-4,6-7H,5H2,(H2,13,16). The Labute approximate surface area is 232 Å². The number of amides is 1. The minimum atomic E-state index is -0.888. The van der Waals surface area contributed by atoms with E-state index in [0.29, 0.717) is 32.3 Å². The molecule has 2 aliphatic rings.